The zero-order valence-electron chi connectivity index (χ0n) is 17.2. The van der Waals surface area contributed by atoms with Crippen molar-refractivity contribution in [2.45, 2.75) is 43.9 Å². The van der Waals surface area contributed by atoms with Crippen LogP contribution < -0.4 is 10.6 Å². The topological polar surface area (TPSA) is 58.2 Å². The Kier molecular flexibility index (Phi) is 6.38. The lowest BCUT2D eigenvalue weighted by atomic mass is 9.97. The van der Waals surface area contributed by atoms with Gasteiger partial charge < -0.3 is 10.6 Å². The summed E-state index contributed by atoms with van der Waals surface area (Å²) in [4.78, 5) is 26.7. The first-order valence-corrected chi connectivity index (χ1v) is 11.3. The second kappa shape index (κ2) is 9.35. The lowest BCUT2D eigenvalue weighted by molar-refractivity contribution is -0.112. The Labute approximate surface area is 181 Å². The largest absolute Gasteiger partial charge is 0.352 e. The summed E-state index contributed by atoms with van der Waals surface area (Å²) in [6.45, 7) is 2.68. The highest BCUT2D eigenvalue weighted by Crippen LogP contribution is 2.39. The average molecular weight is 419 g/mol. The molecule has 0 saturated carbocycles. The molecule has 1 aliphatic carbocycles. The molecule has 4 rings (SSSR count). The fourth-order valence-electron chi connectivity index (χ4n) is 3.69. The predicted octanol–water partition coefficient (Wildman–Crippen LogP) is 5.70. The van der Waals surface area contributed by atoms with Crippen molar-refractivity contribution >= 4 is 35.3 Å². The molecule has 4 nitrogen and oxygen atoms in total. The van der Waals surface area contributed by atoms with Gasteiger partial charge in [-0.3, -0.25) is 9.59 Å². The van der Waals surface area contributed by atoms with Crippen LogP contribution in [-0.4, -0.2) is 18.4 Å². The second-order valence-corrected chi connectivity index (χ2v) is 8.88. The van der Waals surface area contributed by atoms with Gasteiger partial charge in [0, 0.05) is 17.0 Å². The minimum Gasteiger partial charge on any atom is -0.352 e. The van der Waals surface area contributed by atoms with Gasteiger partial charge in [0.15, 0.2) is 0 Å². The van der Waals surface area contributed by atoms with Gasteiger partial charge in [-0.25, -0.2) is 0 Å². The van der Waals surface area contributed by atoms with Gasteiger partial charge in [-0.05, 0) is 68.9 Å². The van der Waals surface area contributed by atoms with Gasteiger partial charge in [0.25, 0.3) is 11.8 Å². The molecule has 0 unspecified atom stereocenters. The number of hydrogen-bond donors (Lipinski definition) is 2. The number of anilines is 1. The molecule has 0 bridgehead atoms. The number of carbonyl (C=O) groups excluding carboxylic acids is 2. The molecule has 0 spiro atoms. The quantitative estimate of drug-likeness (QED) is 0.484. The van der Waals surface area contributed by atoms with E-state index >= 15 is 0 Å². The number of nitrogens with one attached hydrogen (secondary N) is 2. The van der Waals surface area contributed by atoms with Crippen LogP contribution in [0.15, 0.2) is 63.9 Å². The summed E-state index contributed by atoms with van der Waals surface area (Å²) in [5.41, 5.74) is 4.88. The zero-order chi connectivity index (χ0) is 20.9. The Bertz CT molecular complexity index is 1020. The van der Waals surface area contributed by atoms with Crippen LogP contribution in [0.5, 0.6) is 0 Å². The minimum atomic E-state index is -0.144. The number of amides is 2. The van der Waals surface area contributed by atoms with Crippen molar-refractivity contribution < 1.29 is 9.59 Å². The molecule has 0 atom stereocenters. The number of thioether (sulfide) groups is 1. The molecule has 0 radical (unpaired) electrons. The number of rotatable bonds is 5. The van der Waals surface area contributed by atoms with E-state index in [1.54, 1.807) is 6.07 Å². The summed E-state index contributed by atoms with van der Waals surface area (Å²) in [5.74, 6) is -0.246. The highest BCUT2D eigenvalue weighted by Gasteiger charge is 2.22. The molecule has 2 aliphatic rings. The van der Waals surface area contributed by atoms with E-state index in [2.05, 4.69) is 16.7 Å². The molecule has 1 heterocycles. The molecule has 154 valence electrons. The summed E-state index contributed by atoms with van der Waals surface area (Å²) < 4.78 is 0. The molecule has 2 amide bonds. The summed E-state index contributed by atoms with van der Waals surface area (Å²) in [6.07, 6.45) is 9.95. The first-order chi connectivity index (χ1) is 14.6. The Morgan fingerprint density at radius 3 is 2.77 bits per heavy atom. The number of hydrogen-bond acceptors (Lipinski definition) is 3. The molecule has 0 fully saturated rings. The third kappa shape index (κ3) is 5.03. The van der Waals surface area contributed by atoms with E-state index in [-0.39, 0.29) is 11.8 Å². The van der Waals surface area contributed by atoms with Crippen molar-refractivity contribution in [3.8, 4) is 0 Å². The zero-order valence-corrected chi connectivity index (χ0v) is 18.0. The fraction of sp³-hybridized carbons (Fsp3) is 0.280. The van der Waals surface area contributed by atoms with Gasteiger partial charge in [0.2, 0.25) is 0 Å². The Hall–Kier alpha value is -2.79. The van der Waals surface area contributed by atoms with Crippen LogP contribution in [0.3, 0.4) is 0 Å². The van der Waals surface area contributed by atoms with Crippen LogP contribution in [-0.2, 0) is 4.79 Å². The molecule has 2 N–H and O–H groups in total. The summed E-state index contributed by atoms with van der Waals surface area (Å²) in [7, 11) is 0. The van der Waals surface area contributed by atoms with Crippen LogP contribution in [0.1, 0.15) is 53.6 Å². The van der Waals surface area contributed by atoms with E-state index in [0.717, 1.165) is 29.7 Å². The Morgan fingerprint density at radius 1 is 1.17 bits per heavy atom. The van der Waals surface area contributed by atoms with Gasteiger partial charge in [0.05, 0.1) is 10.6 Å². The molecule has 30 heavy (non-hydrogen) atoms. The van der Waals surface area contributed by atoms with E-state index in [9.17, 15) is 9.59 Å². The molecule has 2 aromatic carbocycles. The molecule has 2 aromatic rings. The first-order valence-electron chi connectivity index (χ1n) is 10.5. The third-order valence-corrected chi connectivity index (χ3v) is 6.52. The molecule has 0 saturated heterocycles. The maximum absolute atomic E-state index is 12.5. The maximum Gasteiger partial charge on any atom is 0.262 e. The van der Waals surface area contributed by atoms with Crippen LogP contribution >= 0.6 is 11.8 Å². The number of fused-ring (bicyclic) bond motifs is 1. The number of carbonyl (C=O) groups is 2. The lowest BCUT2D eigenvalue weighted by Gasteiger charge is -2.19. The number of allylic oxidation sites excluding steroid dienone is 1. The van der Waals surface area contributed by atoms with E-state index in [1.165, 1.54) is 35.7 Å². The summed E-state index contributed by atoms with van der Waals surface area (Å²) in [6, 6.07) is 13.6. The maximum atomic E-state index is 12.5. The van der Waals surface area contributed by atoms with Crippen molar-refractivity contribution in [3.05, 3.63) is 75.7 Å². The van der Waals surface area contributed by atoms with Crippen molar-refractivity contribution in [1.29, 1.82) is 0 Å². The second-order valence-electron chi connectivity index (χ2n) is 7.80. The SMILES string of the molecule is Cc1ccc(/C=C2/Sc3ccc(C(=O)NCCC4=CCCCC4)cc3NC2=O)cc1. The van der Waals surface area contributed by atoms with Crippen molar-refractivity contribution in [2.24, 2.45) is 0 Å². The van der Waals surface area contributed by atoms with E-state index in [1.807, 2.05) is 49.4 Å². The molecule has 1 aliphatic heterocycles. The highest BCUT2D eigenvalue weighted by molar-refractivity contribution is 8.04. The Balaban J connectivity index is 1.41. The first kappa shape index (κ1) is 20.5. The smallest absolute Gasteiger partial charge is 0.262 e. The molecule has 0 aromatic heterocycles. The van der Waals surface area contributed by atoms with Gasteiger partial charge in [-0.15, -0.1) is 0 Å². The van der Waals surface area contributed by atoms with E-state index in [4.69, 9.17) is 0 Å². The minimum absolute atomic E-state index is 0.102. The number of aryl methyl sites for hydroxylation is 1. The van der Waals surface area contributed by atoms with Crippen LogP contribution in [0.2, 0.25) is 0 Å². The van der Waals surface area contributed by atoms with Crippen molar-refractivity contribution in [3.63, 3.8) is 0 Å². The van der Waals surface area contributed by atoms with Gasteiger partial charge in [0.1, 0.15) is 0 Å². The molecular formula is C25H26N2O2S. The fourth-order valence-corrected chi connectivity index (χ4v) is 4.62. The highest BCUT2D eigenvalue weighted by atomic mass is 32.2. The van der Waals surface area contributed by atoms with E-state index in [0.29, 0.717) is 22.7 Å². The van der Waals surface area contributed by atoms with Crippen molar-refractivity contribution in [1.82, 2.24) is 5.32 Å². The molecular weight excluding hydrogens is 392 g/mol. The lowest BCUT2D eigenvalue weighted by Crippen LogP contribution is -2.25. The summed E-state index contributed by atoms with van der Waals surface area (Å²) in [5, 5.41) is 5.93. The standard InChI is InChI=1S/C25H26N2O2S/c1-17-7-9-19(10-8-17)15-23-25(29)27-21-16-20(11-12-22(21)30-23)24(28)26-14-13-18-5-3-2-4-6-18/h5,7-12,15-16H,2-4,6,13-14H2,1H3,(H,26,28)(H,27,29)/b23-15+. The molecule has 5 heteroatoms. The van der Waals surface area contributed by atoms with Gasteiger partial charge in [-0.1, -0.05) is 53.2 Å². The van der Waals surface area contributed by atoms with E-state index < -0.39 is 0 Å². The predicted molar refractivity (Wildman–Crippen MR) is 124 cm³/mol. The van der Waals surface area contributed by atoms with Gasteiger partial charge >= 0.3 is 0 Å². The average Bonchev–Trinajstić information content (AvgIpc) is 2.76. The van der Waals surface area contributed by atoms with Crippen LogP contribution in [0, 0.1) is 6.92 Å². The Morgan fingerprint density at radius 2 is 2.00 bits per heavy atom. The third-order valence-electron chi connectivity index (χ3n) is 5.43. The van der Waals surface area contributed by atoms with Crippen LogP contribution in [0.4, 0.5) is 5.69 Å². The normalized spacial score (nSPS) is 17.2. The van der Waals surface area contributed by atoms with Crippen LogP contribution in [0.25, 0.3) is 6.08 Å². The monoisotopic (exact) mass is 418 g/mol. The summed E-state index contributed by atoms with van der Waals surface area (Å²) >= 11 is 1.43. The number of benzene rings is 2. The van der Waals surface area contributed by atoms with Crippen molar-refractivity contribution in [2.75, 3.05) is 11.9 Å². The van der Waals surface area contributed by atoms with Gasteiger partial charge in [-0.2, -0.15) is 0 Å².